The summed E-state index contributed by atoms with van der Waals surface area (Å²) in [6, 6.07) is 14.3. The third-order valence-electron chi connectivity index (χ3n) is 5.79. The number of hydrogen-bond acceptors (Lipinski definition) is 5. The Balaban J connectivity index is 1.93. The van der Waals surface area contributed by atoms with E-state index >= 15 is 0 Å². The summed E-state index contributed by atoms with van der Waals surface area (Å²) in [6.07, 6.45) is -0.284. The number of carbonyl (C=O) groups is 4. The van der Waals surface area contributed by atoms with Gasteiger partial charge in [-0.25, -0.2) is 4.79 Å². The van der Waals surface area contributed by atoms with Gasteiger partial charge < -0.3 is 21.1 Å². The summed E-state index contributed by atoms with van der Waals surface area (Å²) in [4.78, 5) is 52.6. The molecule has 1 fully saturated rings. The maximum Gasteiger partial charge on any atom is 0.328 e. The standard InChI is InChI=1S/C24H27N5O5/c1-15(12-20(31)32)27-19(30)14-28-22(33)24(2,18-10-8-17(9-11-18)21(25)26)29(23(28)34)13-16-6-4-3-5-7-16/h3-11,15H,12-14H2,1-2H3,(H3,25,26)(H,27,30)(H,31,32)/t15-,24-/m0/s1. The van der Waals surface area contributed by atoms with Crippen LogP contribution < -0.4 is 11.1 Å². The molecule has 0 radical (unpaired) electrons. The summed E-state index contributed by atoms with van der Waals surface area (Å²) in [7, 11) is 0. The fourth-order valence-electron chi connectivity index (χ4n) is 3.96. The average molecular weight is 466 g/mol. The van der Waals surface area contributed by atoms with Gasteiger partial charge in [-0.1, -0.05) is 54.6 Å². The lowest BCUT2D eigenvalue weighted by Crippen LogP contribution is -2.45. The van der Waals surface area contributed by atoms with Gasteiger partial charge >= 0.3 is 12.0 Å². The maximum atomic E-state index is 13.6. The second-order valence-electron chi connectivity index (χ2n) is 8.38. The first kappa shape index (κ1) is 24.4. The number of aliphatic carboxylic acids is 1. The Bertz CT molecular complexity index is 1120. The molecule has 0 saturated carbocycles. The summed E-state index contributed by atoms with van der Waals surface area (Å²) in [6.45, 7) is 2.74. The van der Waals surface area contributed by atoms with Crippen LogP contribution in [0, 0.1) is 5.41 Å². The predicted octanol–water partition coefficient (Wildman–Crippen LogP) is 1.63. The van der Waals surface area contributed by atoms with Crippen LogP contribution in [0.3, 0.4) is 0 Å². The second kappa shape index (κ2) is 9.74. The minimum absolute atomic E-state index is 0.125. The molecule has 0 unspecified atom stereocenters. The first-order valence-electron chi connectivity index (χ1n) is 10.7. The zero-order valence-electron chi connectivity index (χ0n) is 18.9. The minimum Gasteiger partial charge on any atom is -0.481 e. The molecule has 1 saturated heterocycles. The van der Waals surface area contributed by atoms with Crippen molar-refractivity contribution >= 4 is 29.7 Å². The van der Waals surface area contributed by atoms with Crippen molar-refractivity contribution in [3.05, 3.63) is 71.3 Å². The Kier molecular flexibility index (Phi) is 7.00. The second-order valence-corrected chi connectivity index (χ2v) is 8.38. The quantitative estimate of drug-likeness (QED) is 0.250. The number of nitrogens with one attached hydrogen (secondary N) is 2. The Labute approximate surface area is 196 Å². The minimum atomic E-state index is -1.41. The third kappa shape index (κ3) is 4.90. The highest BCUT2D eigenvalue weighted by Crippen LogP contribution is 2.38. The van der Waals surface area contributed by atoms with E-state index < -0.39 is 41.9 Å². The van der Waals surface area contributed by atoms with Gasteiger partial charge in [-0.05, 0) is 25.0 Å². The molecule has 2 aromatic rings. The monoisotopic (exact) mass is 465 g/mol. The van der Waals surface area contributed by atoms with Gasteiger partial charge in [-0.2, -0.15) is 0 Å². The third-order valence-corrected chi connectivity index (χ3v) is 5.79. The van der Waals surface area contributed by atoms with E-state index in [9.17, 15) is 19.2 Å². The van der Waals surface area contributed by atoms with E-state index in [4.69, 9.17) is 16.2 Å². The summed E-state index contributed by atoms with van der Waals surface area (Å²) in [5, 5.41) is 19.0. The van der Waals surface area contributed by atoms with Crippen LogP contribution in [0.1, 0.15) is 37.0 Å². The molecule has 1 aliphatic rings. The molecule has 0 aromatic heterocycles. The highest BCUT2D eigenvalue weighted by atomic mass is 16.4. The van der Waals surface area contributed by atoms with Gasteiger partial charge in [0.15, 0.2) is 0 Å². The van der Waals surface area contributed by atoms with Crippen LogP contribution in [0.15, 0.2) is 54.6 Å². The van der Waals surface area contributed by atoms with Crippen LogP contribution in [0.25, 0.3) is 0 Å². The Morgan fingerprint density at radius 1 is 1.12 bits per heavy atom. The normalized spacial score (nSPS) is 18.6. The summed E-state index contributed by atoms with van der Waals surface area (Å²) in [5.41, 5.74) is 5.92. The van der Waals surface area contributed by atoms with Crippen molar-refractivity contribution in [2.24, 2.45) is 5.73 Å². The number of benzene rings is 2. The fraction of sp³-hybridized carbons (Fsp3) is 0.292. The van der Waals surface area contributed by atoms with Gasteiger partial charge in [0.2, 0.25) is 5.91 Å². The molecule has 0 bridgehead atoms. The Morgan fingerprint density at radius 2 is 1.74 bits per heavy atom. The van der Waals surface area contributed by atoms with Gasteiger partial charge in [0, 0.05) is 18.2 Å². The van der Waals surface area contributed by atoms with Crippen molar-refractivity contribution in [2.75, 3.05) is 6.54 Å². The first-order chi connectivity index (χ1) is 16.0. The van der Waals surface area contributed by atoms with E-state index in [1.807, 2.05) is 30.3 Å². The Hall–Kier alpha value is -4.21. The number of rotatable bonds is 9. The lowest BCUT2D eigenvalue weighted by Gasteiger charge is -2.32. The van der Waals surface area contributed by atoms with E-state index in [0.29, 0.717) is 11.1 Å². The molecule has 3 rings (SSSR count). The lowest BCUT2D eigenvalue weighted by molar-refractivity contribution is -0.138. The van der Waals surface area contributed by atoms with Gasteiger partial charge in [0.1, 0.15) is 17.9 Å². The molecule has 178 valence electrons. The van der Waals surface area contributed by atoms with Gasteiger partial charge in [0.05, 0.1) is 6.42 Å². The first-order valence-corrected chi connectivity index (χ1v) is 10.7. The summed E-state index contributed by atoms with van der Waals surface area (Å²) < 4.78 is 0. The van der Waals surface area contributed by atoms with E-state index in [0.717, 1.165) is 10.5 Å². The number of imide groups is 1. The SMILES string of the molecule is C[C@@H](CC(=O)O)NC(=O)CN1C(=O)N(Cc2ccccc2)[C@@](C)(c2ccc(C(=N)N)cc2)C1=O. The number of amides is 4. The summed E-state index contributed by atoms with van der Waals surface area (Å²) in [5.74, 6) is -2.41. The fourth-order valence-corrected chi connectivity index (χ4v) is 3.96. The summed E-state index contributed by atoms with van der Waals surface area (Å²) >= 11 is 0. The van der Waals surface area contributed by atoms with Crippen LogP contribution in [-0.2, 0) is 26.5 Å². The highest BCUT2D eigenvalue weighted by Gasteiger charge is 2.55. The molecule has 0 spiro atoms. The Morgan fingerprint density at radius 3 is 2.29 bits per heavy atom. The lowest BCUT2D eigenvalue weighted by atomic mass is 9.89. The van der Waals surface area contributed by atoms with Crippen LogP contribution in [-0.4, -0.2) is 57.1 Å². The number of amidine groups is 1. The molecule has 1 aliphatic heterocycles. The van der Waals surface area contributed by atoms with E-state index in [-0.39, 0.29) is 18.8 Å². The molecule has 2 atom stereocenters. The van der Waals surface area contributed by atoms with Crippen LogP contribution in [0.2, 0.25) is 0 Å². The van der Waals surface area contributed by atoms with Crippen molar-refractivity contribution in [3.8, 4) is 0 Å². The van der Waals surface area contributed by atoms with E-state index in [2.05, 4.69) is 5.32 Å². The van der Waals surface area contributed by atoms with E-state index in [1.165, 1.54) is 11.8 Å². The van der Waals surface area contributed by atoms with Crippen molar-refractivity contribution < 1.29 is 24.3 Å². The number of urea groups is 1. The van der Waals surface area contributed by atoms with Crippen LogP contribution in [0.4, 0.5) is 4.79 Å². The maximum absolute atomic E-state index is 13.6. The average Bonchev–Trinajstić information content (AvgIpc) is 2.95. The van der Waals surface area contributed by atoms with Gasteiger partial charge in [-0.15, -0.1) is 0 Å². The van der Waals surface area contributed by atoms with Crippen molar-refractivity contribution in [1.82, 2.24) is 15.1 Å². The molecule has 0 aliphatic carbocycles. The predicted molar refractivity (Wildman–Crippen MR) is 124 cm³/mol. The van der Waals surface area contributed by atoms with Crippen LogP contribution in [0.5, 0.6) is 0 Å². The number of nitrogen functional groups attached to an aromatic ring is 1. The number of nitrogens with zero attached hydrogens (tertiary/aromatic N) is 2. The number of nitrogens with two attached hydrogens (primary N) is 1. The molecule has 1 heterocycles. The highest BCUT2D eigenvalue weighted by molar-refractivity contribution is 6.09. The van der Waals surface area contributed by atoms with E-state index in [1.54, 1.807) is 31.2 Å². The molecule has 4 amide bonds. The topological polar surface area (TPSA) is 157 Å². The van der Waals surface area contributed by atoms with Crippen molar-refractivity contribution in [2.45, 2.75) is 38.4 Å². The molecular weight excluding hydrogens is 438 g/mol. The smallest absolute Gasteiger partial charge is 0.328 e. The van der Waals surface area contributed by atoms with Crippen molar-refractivity contribution in [1.29, 1.82) is 5.41 Å². The molecule has 10 nitrogen and oxygen atoms in total. The van der Waals surface area contributed by atoms with Gasteiger partial charge in [0.25, 0.3) is 5.91 Å². The molecule has 2 aromatic carbocycles. The molecule has 10 heteroatoms. The molecule has 5 N–H and O–H groups in total. The number of hydrogen-bond donors (Lipinski definition) is 4. The number of carboxylic acid groups (broad SMARTS) is 1. The van der Waals surface area contributed by atoms with Crippen LogP contribution >= 0.6 is 0 Å². The zero-order valence-corrected chi connectivity index (χ0v) is 18.9. The van der Waals surface area contributed by atoms with Gasteiger partial charge in [-0.3, -0.25) is 24.7 Å². The largest absolute Gasteiger partial charge is 0.481 e. The zero-order chi connectivity index (χ0) is 25.0. The molecule has 34 heavy (non-hydrogen) atoms. The number of carbonyl (C=O) groups excluding carboxylic acids is 3. The van der Waals surface area contributed by atoms with Crippen molar-refractivity contribution in [3.63, 3.8) is 0 Å². The number of carboxylic acids is 1. The molecular formula is C24H27N5O5.